The number of benzene rings is 1. The Hall–Kier alpha value is -1.88. The number of para-hydroxylation sites is 1. The van der Waals surface area contributed by atoms with Crippen molar-refractivity contribution in [3.63, 3.8) is 0 Å². The van der Waals surface area contributed by atoms with E-state index < -0.39 is 0 Å². The Morgan fingerprint density at radius 2 is 2.08 bits per heavy atom. The number of carbonyl (C=O) groups excluding carboxylic acids is 2. The maximum Gasteiger partial charge on any atom is 0.227 e. The highest BCUT2D eigenvalue weighted by atomic mass is 16.3. The molecule has 2 amide bonds. The summed E-state index contributed by atoms with van der Waals surface area (Å²) >= 11 is 0. The van der Waals surface area contributed by atoms with Gasteiger partial charge in [0.2, 0.25) is 11.8 Å². The van der Waals surface area contributed by atoms with Crippen molar-refractivity contribution in [2.24, 2.45) is 5.92 Å². The number of carbonyl (C=O) groups is 2. The van der Waals surface area contributed by atoms with Crippen molar-refractivity contribution in [3.8, 4) is 0 Å². The average molecular weight is 330 g/mol. The molecule has 5 heteroatoms. The SMILES string of the molecule is O=C1Nc2ccccc2CC1CCC(=O)N1CCCCC1CCO. The van der Waals surface area contributed by atoms with Gasteiger partial charge in [-0.1, -0.05) is 18.2 Å². The first-order chi connectivity index (χ1) is 11.7. The highest BCUT2D eigenvalue weighted by Crippen LogP contribution is 2.28. The molecule has 2 N–H and O–H groups in total. The van der Waals surface area contributed by atoms with Gasteiger partial charge in [0.05, 0.1) is 0 Å². The van der Waals surface area contributed by atoms with Crippen LogP contribution in [0.15, 0.2) is 24.3 Å². The first kappa shape index (κ1) is 17.0. The first-order valence-electron chi connectivity index (χ1n) is 8.98. The van der Waals surface area contributed by atoms with Crippen LogP contribution in [0.4, 0.5) is 5.69 Å². The number of nitrogens with one attached hydrogen (secondary N) is 1. The van der Waals surface area contributed by atoms with Crippen LogP contribution < -0.4 is 5.32 Å². The molecule has 2 aliphatic rings. The highest BCUT2D eigenvalue weighted by molar-refractivity contribution is 5.96. The Balaban J connectivity index is 1.57. The number of aliphatic hydroxyl groups is 1. The van der Waals surface area contributed by atoms with Gasteiger partial charge in [0, 0.05) is 37.2 Å². The minimum Gasteiger partial charge on any atom is -0.396 e. The van der Waals surface area contributed by atoms with Crippen molar-refractivity contribution in [1.29, 1.82) is 0 Å². The Kier molecular flexibility index (Phi) is 5.51. The van der Waals surface area contributed by atoms with Gasteiger partial charge in [-0.3, -0.25) is 9.59 Å². The summed E-state index contributed by atoms with van der Waals surface area (Å²) in [5.74, 6) is 0.0109. The molecule has 0 spiro atoms. The third-order valence-corrected chi connectivity index (χ3v) is 5.23. The van der Waals surface area contributed by atoms with E-state index in [1.165, 1.54) is 0 Å². The lowest BCUT2D eigenvalue weighted by Crippen LogP contribution is -2.44. The Labute approximate surface area is 143 Å². The molecule has 130 valence electrons. The summed E-state index contributed by atoms with van der Waals surface area (Å²) < 4.78 is 0. The predicted molar refractivity (Wildman–Crippen MR) is 92.6 cm³/mol. The molecule has 2 aliphatic heterocycles. The van der Waals surface area contributed by atoms with Gasteiger partial charge in [-0.15, -0.1) is 0 Å². The standard InChI is InChI=1S/C19H26N2O3/c22-12-10-16-6-3-4-11-21(16)18(23)9-8-15-13-14-5-1-2-7-17(14)20-19(15)24/h1-2,5,7,15-16,22H,3-4,6,8-13H2,(H,20,24). The molecule has 0 aliphatic carbocycles. The first-order valence-corrected chi connectivity index (χ1v) is 8.98. The summed E-state index contributed by atoms with van der Waals surface area (Å²) in [4.78, 5) is 26.8. The lowest BCUT2D eigenvalue weighted by molar-refractivity contribution is -0.135. The van der Waals surface area contributed by atoms with Crippen LogP contribution in [0.3, 0.4) is 0 Å². The molecular formula is C19H26N2O3. The molecule has 3 rings (SSSR count). The van der Waals surface area contributed by atoms with E-state index in [0.29, 0.717) is 25.7 Å². The number of hydrogen-bond acceptors (Lipinski definition) is 3. The second-order valence-corrected chi connectivity index (χ2v) is 6.84. The van der Waals surface area contributed by atoms with Crippen molar-refractivity contribution >= 4 is 17.5 Å². The molecule has 1 fully saturated rings. The van der Waals surface area contributed by atoms with Crippen molar-refractivity contribution in [2.75, 3.05) is 18.5 Å². The van der Waals surface area contributed by atoms with Crippen LogP contribution in [-0.4, -0.2) is 41.0 Å². The van der Waals surface area contributed by atoms with Gasteiger partial charge in [0.1, 0.15) is 0 Å². The van der Waals surface area contributed by atoms with Gasteiger partial charge in [0.15, 0.2) is 0 Å². The van der Waals surface area contributed by atoms with Crippen molar-refractivity contribution in [3.05, 3.63) is 29.8 Å². The van der Waals surface area contributed by atoms with Crippen LogP contribution in [0.5, 0.6) is 0 Å². The lowest BCUT2D eigenvalue weighted by atomic mass is 9.89. The summed E-state index contributed by atoms with van der Waals surface area (Å²) in [5.41, 5.74) is 2.04. The predicted octanol–water partition coefficient (Wildman–Crippen LogP) is 2.34. The fraction of sp³-hybridized carbons (Fsp3) is 0.579. The summed E-state index contributed by atoms with van der Waals surface area (Å²) in [6.45, 7) is 0.902. The quantitative estimate of drug-likeness (QED) is 0.870. The van der Waals surface area contributed by atoms with Crippen molar-refractivity contribution < 1.29 is 14.7 Å². The molecule has 0 bridgehead atoms. The fourth-order valence-electron chi connectivity index (χ4n) is 3.87. The smallest absolute Gasteiger partial charge is 0.227 e. The van der Waals surface area contributed by atoms with Gasteiger partial charge in [-0.2, -0.15) is 0 Å². The average Bonchev–Trinajstić information content (AvgIpc) is 2.60. The zero-order valence-electron chi connectivity index (χ0n) is 14.0. The molecule has 24 heavy (non-hydrogen) atoms. The van der Waals surface area contributed by atoms with Gasteiger partial charge in [-0.25, -0.2) is 0 Å². The number of aliphatic hydroxyl groups excluding tert-OH is 1. The van der Waals surface area contributed by atoms with E-state index in [2.05, 4.69) is 5.32 Å². The van der Waals surface area contributed by atoms with Gasteiger partial charge in [-0.05, 0) is 50.2 Å². The van der Waals surface area contributed by atoms with Crippen LogP contribution in [0, 0.1) is 5.92 Å². The maximum atomic E-state index is 12.6. The molecule has 1 aromatic rings. The molecule has 2 heterocycles. The minimum absolute atomic E-state index is 0.0204. The Morgan fingerprint density at radius 3 is 2.92 bits per heavy atom. The number of rotatable bonds is 5. The van der Waals surface area contributed by atoms with Crippen LogP contribution in [0.25, 0.3) is 0 Å². The lowest BCUT2D eigenvalue weighted by Gasteiger charge is -2.36. The summed E-state index contributed by atoms with van der Waals surface area (Å²) in [5, 5.41) is 12.1. The van der Waals surface area contributed by atoms with E-state index in [9.17, 15) is 14.7 Å². The molecule has 1 saturated heterocycles. The van der Waals surface area contributed by atoms with Crippen molar-refractivity contribution in [1.82, 2.24) is 4.90 Å². The highest BCUT2D eigenvalue weighted by Gasteiger charge is 2.29. The molecule has 1 aromatic carbocycles. The Morgan fingerprint density at radius 1 is 1.25 bits per heavy atom. The second-order valence-electron chi connectivity index (χ2n) is 6.84. The molecular weight excluding hydrogens is 304 g/mol. The van der Waals surface area contributed by atoms with E-state index in [1.54, 1.807) is 0 Å². The monoisotopic (exact) mass is 330 g/mol. The number of nitrogens with zero attached hydrogens (tertiary/aromatic N) is 1. The molecule has 0 aromatic heterocycles. The van der Waals surface area contributed by atoms with E-state index in [4.69, 9.17) is 0 Å². The molecule has 2 atom stereocenters. The normalized spacial score (nSPS) is 23.5. The third kappa shape index (κ3) is 3.78. The largest absolute Gasteiger partial charge is 0.396 e. The molecule has 0 radical (unpaired) electrons. The van der Waals surface area contributed by atoms with Crippen LogP contribution in [0.1, 0.15) is 44.1 Å². The topological polar surface area (TPSA) is 69.6 Å². The van der Waals surface area contributed by atoms with Crippen LogP contribution >= 0.6 is 0 Å². The summed E-state index contributed by atoms with van der Waals surface area (Å²) in [6.07, 6.45) is 5.48. The van der Waals surface area contributed by atoms with Gasteiger partial charge >= 0.3 is 0 Å². The number of hydrogen-bond donors (Lipinski definition) is 2. The van der Waals surface area contributed by atoms with Crippen LogP contribution in [-0.2, 0) is 16.0 Å². The van der Waals surface area contributed by atoms with Crippen LogP contribution in [0.2, 0.25) is 0 Å². The fourth-order valence-corrected chi connectivity index (χ4v) is 3.87. The van der Waals surface area contributed by atoms with E-state index in [-0.39, 0.29) is 30.4 Å². The van der Waals surface area contributed by atoms with Crippen molar-refractivity contribution in [2.45, 2.75) is 51.0 Å². The molecule has 2 unspecified atom stereocenters. The number of fused-ring (bicyclic) bond motifs is 1. The Bertz CT molecular complexity index is 600. The van der Waals surface area contributed by atoms with E-state index in [0.717, 1.165) is 37.1 Å². The summed E-state index contributed by atoms with van der Waals surface area (Å²) in [6, 6.07) is 8.01. The number of amides is 2. The third-order valence-electron chi connectivity index (χ3n) is 5.23. The van der Waals surface area contributed by atoms with Gasteiger partial charge < -0.3 is 15.3 Å². The maximum absolute atomic E-state index is 12.6. The van der Waals surface area contributed by atoms with Gasteiger partial charge in [0.25, 0.3) is 0 Å². The number of likely N-dealkylation sites (tertiary alicyclic amines) is 1. The number of anilines is 1. The zero-order valence-corrected chi connectivity index (χ0v) is 14.0. The second kappa shape index (κ2) is 7.79. The zero-order chi connectivity index (χ0) is 16.9. The minimum atomic E-state index is -0.134. The van der Waals surface area contributed by atoms with E-state index >= 15 is 0 Å². The number of piperidine rings is 1. The molecule has 5 nitrogen and oxygen atoms in total. The van der Waals surface area contributed by atoms with E-state index in [1.807, 2.05) is 29.2 Å². The summed E-state index contributed by atoms with van der Waals surface area (Å²) in [7, 11) is 0. The molecule has 0 saturated carbocycles.